The molecule has 1 aliphatic heterocycles. The molecule has 0 aromatic carbocycles. The van der Waals surface area contributed by atoms with E-state index in [2.05, 4.69) is 5.32 Å². The van der Waals surface area contributed by atoms with Gasteiger partial charge < -0.3 is 19.7 Å². The highest BCUT2D eigenvalue weighted by molar-refractivity contribution is 6.06. The van der Waals surface area contributed by atoms with E-state index in [1.807, 2.05) is 0 Å². The maximum absolute atomic E-state index is 12.1. The van der Waals surface area contributed by atoms with Gasteiger partial charge in [-0.1, -0.05) is 0 Å². The van der Waals surface area contributed by atoms with E-state index in [1.165, 1.54) is 4.57 Å². The number of hydrogen-bond donors (Lipinski definition) is 2. The SMILES string of the molecule is Cn1cc2c(c1C(=O)O)NC(=O)C1(CCCC1)O2. The molecule has 2 N–H and O–H groups in total. The summed E-state index contributed by atoms with van der Waals surface area (Å²) >= 11 is 0. The van der Waals surface area contributed by atoms with Crippen LogP contribution in [0.15, 0.2) is 6.20 Å². The molecule has 1 aromatic rings. The monoisotopic (exact) mass is 250 g/mol. The Balaban J connectivity index is 2.07. The van der Waals surface area contributed by atoms with Crippen molar-refractivity contribution in [2.75, 3.05) is 5.32 Å². The Kier molecular flexibility index (Phi) is 2.17. The zero-order chi connectivity index (χ0) is 12.9. The van der Waals surface area contributed by atoms with Gasteiger partial charge in [-0.05, 0) is 25.7 Å². The molecule has 6 heteroatoms. The first-order chi connectivity index (χ1) is 8.53. The van der Waals surface area contributed by atoms with Crippen molar-refractivity contribution in [1.29, 1.82) is 0 Å². The van der Waals surface area contributed by atoms with Gasteiger partial charge in [-0.2, -0.15) is 0 Å². The van der Waals surface area contributed by atoms with E-state index in [0.717, 1.165) is 12.8 Å². The third-order valence-electron chi connectivity index (χ3n) is 3.72. The number of nitrogens with zero attached hydrogens (tertiary/aromatic N) is 1. The van der Waals surface area contributed by atoms with E-state index in [9.17, 15) is 9.59 Å². The van der Waals surface area contributed by atoms with Crippen LogP contribution in [0, 0.1) is 0 Å². The van der Waals surface area contributed by atoms with Crippen LogP contribution in [0.25, 0.3) is 0 Å². The first-order valence-corrected chi connectivity index (χ1v) is 5.96. The van der Waals surface area contributed by atoms with Crippen LogP contribution in [-0.2, 0) is 11.8 Å². The number of rotatable bonds is 1. The molecule has 18 heavy (non-hydrogen) atoms. The number of fused-ring (bicyclic) bond motifs is 1. The Morgan fingerprint density at radius 3 is 2.78 bits per heavy atom. The van der Waals surface area contributed by atoms with Gasteiger partial charge in [0.1, 0.15) is 5.69 Å². The molecule has 0 unspecified atom stereocenters. The van der Waals surface area contributed by atoms with E-state index in [-0.39, 0.29) is 17.3 Å². The molecule has 1 saturated carbocycles. The van der Waals surface area contributed by atoms with Crippen molar-refractivity contribution >= 4 is 17.6 Å². The Bertz CT molecular complexity index is 541. The van der Waals surface area contributed by atoms with Crippen molar-refractivity contribution in [2.45, 2.75) is 31.3 Å². The Morgan fingerprint density at radius 2 is 2.17 bits per heavy atom. The van der Waals surface area contributed by atoms with Crippen LogP contribution in [0.3, 0.4) is 0 Å². The van der Waals surface area contributed by atoms with Crippen LogP contribution < -0.4 is 10.1 Å². The Labute approximate surface area is 104 Å². The summed E-state index contributed by atoms with van der Waals surface area (Å²) < 4.78 is 7.27. The summed E-state index contributed by atoms with van der Waals surface area (Å²) in [6.45, 7) is 0. The molecule has 0 saturated heterocycles. The molecule has 0 radical (unpaired) electrons. The van der Waals surface area contributed by atoms with Crippen LogP contribution in [-0.4, -0.2) is 27.2 Å². The van der Waals surface area contributed by atoms with Gasteiger partial charge in [-0.15, -0.1) is 0 Å². The highest BCUT2D eigenvalue weighted by Gasteiger charge is 2.48. The van der Waals surface area contributed by atoms with Gasteiger partial charge in [0.05, 0.1) is 0 Å². The normalized spacial score (nSPS) is 20.4. The zero-order valence-electron chi connectivity index (χ0n) is 10.0. The van der Waals surface area contributed by atoms with Crippen LogP contribution in [0.4, 0.5) is 5.69 Å². The third-order valence-corrected chi connectivity index (χ3v) is 3.72. The predicted molar refractivity (Wildman–Crippen MR) is 62.8 cm³/mol. The molecule has 2 heterocycles. The number of carbonyl (C=O) groups is 2. The lowest BCUT2D eigenvalue weighted by Gasteiger charge is -2.32. The van der Waals surface area contributed by atoms with Crippen LogP contribution in [0.2, 0.25) is 0 Å². The maximum Gasteiger partial charge on any atom is 0.354 e. The first-order valence-electron chi connectivity index (χ1n) is 5.96. The maximum atomic E-state index is 12.1. The molecule has 96 valence electrons. The number of aryl methyl sites for hydroxylation is 1. The molecule has 1 aliphatic carbocycles. The molecule has 0 atom stereocenters. The molecule has 3 rings (SSSR count). The quantitative estimate of drug-likeness (QED) is 0.788. The van der Waals surface area contributed by atoms with Crippen LogP contribution in [0.5, 0.6) is 5.75 Å². The van der Waals surface area contributed by atoms with Gasteiger partial charge in [0.2, 0.25) is 0 Å². The summed E-state index contributed by atoms with van der Waals surface area (Å²) in [7, 11) is 1.62. The minimum Gasteiger partial charge on any atom is -0.477 e. The number of carbonyl (C=O) groups excluding carboxylic acids is 1. The first kappa shape index (κ1) is 11.1. The van der Waals surface area contributed by atoms with Crippen molar-refractivity contribution in [3.8, 4) is 5.75 Å². The number of aromatic nitrogens is 1. The Hall–Kier alpha value is -1.98. The molecule has 1 fully saturated rings. The number of ether oxygens (including phenoxy) is 1. The molecular weight excluding hydrogens is 236 g/mol. The number of carboxylic acid groups (broad SMARTS) is 1. The number of amides is 1. The van der Waals surface area contributed by atoms with Crippen molar-refractivity contribution < 1.29 is 19.4 Å². The van der Waals surface area contributed by atoms with Crippen LogP contribution in [0.1, 0.15) is 36.2 Å². The minimum atomic E-state index is -1.08. The van der Waals surface area contributed by atoms with Crippen molar-refractivity contribution in [1.82, 2.24) is 4.57 Å². The van der Waals surface area contributed by atoms with Gasteiger partial charge in [0.25, 0.3) is 5.91 Å². The third kappa shape index (κ3) is 1.35. The summed E-state index contributed by atoms with van der Waals surface area (Å²) in [5.74, 6) is -0.845. The number of anilines is 1. The smallest absolute Gasteiger partial charge is 0.354 e. The standard InChI is InChI=1S/C12H14N2O4/c1-14-6-7-8(9(14)10(15)16)13-11(17)12(18-7)4-2-3-5-12/h6H,2-5H2,1H3,(H,13,17)(H,15,16). The van der Waals surface area contributed by atoms with Crippen molar-refractivity contribution in [2.24, 2.45) is 7.05 Å². The summed E-state index contributed by atoms with van der Waals surface area (Å²) in [5.41, 5.74) is -0.469. The lowest BCUT2D eigenvalue weighted by molar-refractivity contribution is -0.131. The highest BCUT2D eigenvalue weighted by atomic mass is 16.5. The number of nitrogens with one attached hydrogen (secondary N) is 1. The van der Waals surface area contributed by atoms with Gasteiger partial charge >= 0.3 is 5.97 Å². The van der Waals surface area contributed by atoms with E-state index in [0.29, 0.717) is 18.6 Å². The number of carboxylic acids is 1. The largest absolute Gasteiger partial charge is 0.477 e. The summed E-state index contributed by atoms with van der Waals surface area (Å²) in [5, 5.41) is 11.8. The van der Waals surface area contributed by atoms with Gasteiger partial charge in [-0.25, -0.2) is 4.79 Å². The fourth-order valence-electron chi connectivity index (χ4n) is 2.81. The summed E-state index contributed by atoms with van der Waals surface area (Å²) in [6, 6.07) is 0. The minimum absolute atomic E-state index is 0.0474. The molecule has 6 nitrogen and oxygen atoms in total. The molecule has 1 spiro atoms. The van der Waals surface area contributed by atoms with E-state index in [1.54, 1.807) is 13.2 Å². The molecule has 0 bridgehead atoms. The summed E-state index contributed by atoms with van der Waals surface area (Å²) in [6.07, 6.45) is 4.91. The topological polar surface area (TPSA) is 80.6 Å². The number of hydrogen-bond acceptors (Lipinski definition) is 3. The fourth-order valence-corrected chi connectivity index (χ4v) is 2.81. The lowest BCUT2D eigenvalue weighted by Crippen LogP contribution is -2.48. The van der Waals surface area contributed by atoms with Gasteiger partial charge in [0, 0.05) is 13.2 Å². The predicted octanol–water partition coefficient (Wildman–Crippen LogP) is 1.37. The molecule has 1 aromatic heterocycles. The van der Waals surface area contributed by atoms with Gasteiger partial charge in [-0.3, -0.25) is 4.79 Å². The van der Waals surface area contributed by atoms with Crippen molar-refractivity contribution in [3.63, 3.8) is 0 Å². The average molecular weight is 250 g/mol. The number of aromatic carboxylic acids is 1. The van der Waals surface area contributed by atoms with Gasteiger partial charge in [0.15, 0.2) is 17.0 Å². The summed E-state index contributed by atoms with van der Waals surface area (Å²) in [4.78, 5) is 23.3. The van der Waals surface area contributed by atoms with E-state index < -0.39 is 11.6 Å². The highest BCUT2D eigenvalue weighted by Crippen LogP contribution is 2.43. The van der Waals surface area contributed by atoms with Crippen LogP contribution >= 0.6 is 0 Å². The second kappa shape index (κ2) is 3.51. The second-order valence-electron chi connectivity index (χ2n) is 4.89. The van der Waals surface area contributed by atoms with Crippen molar-refractivity contribution in [3.05, 3.63) is 11.9 Å². The second-order valence-corrected chi connectivity index (χ2v) is 4.89. The molecule has 2 aliphatic rings. The molecular formula is C12H14N2O4. The fraction of sp³-hybridized carbons (Fsp3) is 0.500. The molecule has 1 amide bonds. The average Bonchev–Trinajstić information content (AvgIpc) is 2.85. The van der Waals surface area contributed by atoms with E-state index >= 15 is 0 Å². The lowest BCUT2D eigenvalue weighted by atomic mass is 9.99. The zero-order valence-corrected chi connectivity index (χ0v) is 10.0. The van der Waals surface area contributed by atoms with E-state index in [4.69, 9.17) is 9.84 Å². The Morgan fingerprint density at radius 1 is 1.50 bits per heavy atom.